The van der Waals surface area contributed by atoms with Crippen molar-refractivity contribution in [3.63, 3.8) is 0 Å². The molecule has 0 aliphatic heterocycles. The van der Waals surface area contributed by atoms with Crippen LogP contribution >= 0.6 is 23.1 Å². The maximum atomic E-state index is 13.1. The van der Waals surface area contributed by atoms with Gasteiger partial charge in [-0.25, -0.2) is 8.42 Å². The van der Waals surface area contributed by atoms with Crippen LogP contribution in [0.3, 0.4) is 0 Å². The number of nitrogens with one attached hydrogen (secondary N) is 1. The smallest absolute Gasteiger partial charge is 0.208 e. The van der Waals surface area contributed by atoms with Gasteiger partial charge in [0.2, 0.25) is 9.84 Å². The van der Waals surface area contributed by atoms with E-state index in [9.17, 15) is 8.42 Å². The SMILES string of the molecule is CSc1sccc1S(=O)(=O)c1cccc(-c2ccc(N(C)C(=N)N)cc2C)c1. The highest BCUT2D eigenvalue weighted by atomic mass is 32.2. The zero-order chi connectivity index (χ0) is 20.5. The van der Waals surface area contributed by atoms with E-state index in [4.69, 9.17) is 11.1 Å². The van der Waals surface area contributed by atoms with Crippen molar-refractivity contribution in [1.29, 1.82) is 5.41 Å². The molecule has 146 valence electrons. The topological polar surface area (TPSA) is 87.2 Å². The van der Waals surface area contributed by atoms with E-state index in [0.29, 0.717) is 4.90 Å². The molecular formula is C20H21N3O2S3. The van der Waals surface area contributed by atoms with Crippen LogP contribution in [-0.4, -0.2) is 27.7 Å². The van der Waals surface area contributed by atoms with E-state index in [0.717, 1.165) is 26.6 Å². The summed E-state index contributed by atoms with van der Waals surface area (Å²) in [5.74, 6) is -0.0411. The molecule has 0 amide bonds. The monoisotopic (exact) mass is 431 g/mol. The first-order valence-electron chi connectivity index (χ1n) is 8.41. The van der Waals surface area contributed by atoms with Gasteiger partial charge in [0.15, 0.2) is 5.96 Å². The Bertz CT molecular complexity index is 1140. The number of sulfone groups is 1. The Morgan fingerprint density at radius 2 is 1.93 bits per heavy atom. The number of hydrogen-bond donors (Lipinski definition) is 2. The van der Waals surface area contributed by atoms with Crippen LogP contribution in [0.4, 0.5) is 5.69 Å². The van der Waals surface area contributed by atoms with Crippen LogP contribution in [0.1, 0.15) is 5.56 Å². The van der Waals surface area contributed by atoms with Gasteiger partial charge in [0, 0.05) is 12.7 Å². The maximum Gasteiger partial charge on any atom is 0.208 e. The summed E-state index contributed by atoms with van der Waals surface area (Å²) >= 11 is 2.87. The highest BCUT2D eigenvalue weighted by molar-refractivity contribution is 8.01. The molecular weight excluding hydrogens is 410 g/mol. The van der Waals surface area contributed by atoms with Crippen molar-refractivity contribution in [2.24, 2.45) is 5.73 Å². The summed E-state index contributed by atoms with van der Waals surface area (Å²) in [6.07, 6.45) is 1.88. The fourth-order valence-electron chi connectivity index (χ4n) is 2.91. The first-order valence-corrected chi connectivity index (χ1v) is 12.0. The lowest BCUT2D eigenvalue weighted by Gasteiger charge is -2.18. The van der Waals surface area contributed by atoms with Crippen molar-refractivity contribution < 1.29 is 8.42 Å². The summed E-state index contributed by atoms with van der Waals surface area (Å²) in [6.45, 7) is 1.96. The summed E-state index contributed by atoms with van der Waals surface area (Å²) in [5, 5.41) is 9.36. The number of aryl methyl sites for hydroxylation is 1. The van der Waals surface area contributed by atoms with Gasteiger partial charge in [-0.3, -0.25) is 5.41 Å². The number of thiophene rings is 1. The van der Waals surface area contributed by atoms with Gasteiger partial charge in [-0.1, -0.05) is 18.2 Å². The van der Waals surface area contributed by atoms with Crippen molar-refractivity contribution in [2.75, 3.05) is 18.2 Å². The summed E-state index contributed by atoms with van der Waals surface area (Å²) in [6, 6.07) is 14.4. The molecule has 0 spiro atoms. The first-order chi connectivity index (χ1) is 13.3. The number of benzene rings is 2. The van der Waals surface area contributed by atoms with E-state index in [1.807, 2.05) is 37.4 Å². The van der Waals surface area contributed by atoms with Crippen LogP contribution in [0.15, 0.2) is 67.9 Å². The Morgan fingerprint density at radius 1 is 1.18 bits per heavy atom. The van der Waals surface area contributed by atoms with Crippen LogP contribution in [0.2, 0.25) is 0 Å². The van der Waals surface area contributed by atoms with Crippen molar-refractivity contribution in [3.8, 4) is 11.1 Å². The summed E-state index contributed by atoms with van der Waals surface area (Å²) in [5.41, 5.74) is 9.09. The predicted octanol–water partition coefficient (Wildman–Crippen LogP) is 4.61. The maximum absolute atomic E-state index is 13.1. The standard InChI is InChI=1S/C20H21N3O2S3/c1-13-11-15(23(2)20(21)22)7-8-17(13)14-5-4-6-16(12-14)28(24,25)18-9-10-27-19(18)26-3/h4-12H,1-3H3,(H3,21,22). The van der Waals surface area contributed by atoms with Gasteiger partial charge >= 0.3 is 0 Å². The van der Waals surface area contributed by atoms with E-state index in [1.165, 1.54) is 23.1 Å². The Kier molecular flexibility index (Phi) is 5.83. The van der Waals surface area contributed by atoms with E-state index < -0.39 is 9.84 Å². The fourth-order valence-corrected chi connectivity index (χ4v) is 6.64. The van der Waals surface area contributed by atoms with Crippen LogP contribution in [0.25, 0.3) is 11.1 Å². The van der Waals surface area contributed by atoms with Crippen LogP contribution in [0.5, 0.6) is 0 Å². The van der Waals surface area contributed by atoms with Crippen LogP contribution in [0, 0.1) is 12.3 Å². The number of hydrogen-bond acceptors (Lipinski definition) is 5. The molecule has 8 heteroatoms. The average Bonchev–Trinajstić information content (AvgIpc) is 3.17. The molecule has 0 aliphatic rings. The molecule has 1 aromatic heterocycles. The van der Waals surface area contributed by atoms with E-state index in [2.05, 4.69) is 0 Å². The molecule has 0 saturated heterocycles. The third kappa shape index (κ3) is 3.80. The normalized spacial score (nSPS) is 11.4. The van der Waals surface area contributed by atoms with E-state index >= 15 is 0 Å². The molecule has 28 heavy (non-hydrogen) atoms. The van der Waals surface area contributed by atoms with Gasteiger partial charge in [0.25, 0.3) is 0 Å². The second kappa shape index (κ2) is 7.98. The number of guanidine groups is 1. The summed E-state index contributed by atoms with van der Waals surface area (Å²) < 4.78 is 27.0. The number of nitrogens with zero attached hydrogens (tertiary/aromatic N) is 1. The van der Waals surface area contributed by atoms with E-state index in [-0.39, 0.29) is 10.9 Å². The zero-order valence-corrected chi connectivity index (χ0v) is 18.2. The Morgan fingerprint density at radius 3 is 2.57 bits per heavy atom. The molecule has 3 N–H and O–H groups in total. The minimum absolute atomic E-state index is 0.0411. The molecule has 3 rings (SSSR count). The Labute approximate surface area is 173 Å². The van der Waals surface area contributed by atoms with Gasteiger partial charge in [0.1, 0.15) is 0 Å². The number of anilines is 1. The van der Waals surface area contributed by atoms with Crippen molar-refractivity contribution >= 4 is 44.6 Å². The molecule has 0 atom stereocenters. The highest BCUT2D eigenvalue weighted by Crippen LogP contribution is 2.35. The second-order valence-electron chi connectivity index (χ2n) is 6.25. The van der Waals surface area contributed by atoms with Crippen molar-refractivity contribution in [1.82, 2.24) is 0 Å². The second-order valence-corrected chi connectivity index (χ2v) is 10.2. The van der Waals surface area contributed by atoms with Crippen LogP contribution in [-0.2, 0) is 9.84 Å². The molecule has 0 saturated carbocycles. The van der Waals surface area contributed by atoms with Crippen molar-refractivity contribution in [3.05, 3.63) is 59.5 Å². The zero-order valence-electron chi connectivity index (χ0n) is 15.8. The summed E-state index contributed by atoms with van der Waals surface area (Å²) in [4.78, 5) is 2.22. The lowest BCUT2D eigenvalue weighted by molar-refractivity contribution is 0.595. The molecule has 2 aromatic carbocycles. The van der Waals surface area contributed by atoms with E-state index in [1.54, 1.807) is 41.6 Å². The Hall–Kier alpha value is -2.29. The predicted molar refractivity (Wildman–Crippen MR) is 118 cm³/mol. The van der Waals surface area contributed by atoms with Gasteiger partial charge in [-0.05, 0) is 65.6 Å². The van der Waals surface area contributed by atoms with Gasteiger partial charge in [-0.2, -0.15) is 0 Å². The molecule has 0 radical (unpaired) electrons. The average molecular weight is 432 g/mol. The lowest BCUT2D eigenvalue weighted by Crippen LogP contribution is -2.32. The largest absolute Gasteiger partial charge is 0.370 e. The highest BCUT2D eigenvalue weighted by Gasteiger charge is 2.22. The van der Waals surface area contributed by atoms with Gasteiger partial charge < -0.3 is 10.6 Å². The summed E-state index contributed by atoms with van der Waals surface area (Å²) in [7, 11) is -1.85. The number of thioether (sulfide) groups is 1. The lowest BCUT2D eigenvalue weighted by atomic mass is 10.00. The minimum Gasteiger partial charge on any atom is -0.370 e. The molecule has 0 unspecified atom stereocenters. The molecule has 0 aliphatic carbocycles. The van der Waals surface area contributed by atoms with Gasteiger partial charge in [0.05, 0.1) is 14.0 Å². The Balaban J connectivity index is 2.04. The molecule has 0 bridgehead atoms. The molecule has 5 nitrogen and oxygen atoms in total. The minimum atomic E-state index is -3.58. The number of rotatable bonds is 5. The molecule has 3 aromatic rings. The van der Waals surface area contributed by atoms with Gasteiger partial charge in [-0.15, -0.1) is 23.1 Å². The number of nitrogens with two attached hydrogens (primary N) is 1. The quantitative estimate of drug-likeness (QED) is 0.350. The van der Waals surface area contributed by atoms with Crippen molar-refractivity contribution in [2.45, 2.75) is 20.9 Å². The molecule has 1 heterocycles. The molecule has 0 fully saturated rings. The fraction of sp³-hybridized carbons (Fsp3) is 0.150. The first kappa shape index (κ1) is 20.4. The third-order valence-electron chi connectivity index (χ3n) is 4.48. The third-order valence-corrected chi connectivity index (χ3v) is 8.62. The van der Waals surface area contributed by atoms with Crippen LogP contribution < -0.4 is 10.6 Å².